The van der Waals surface area contributed by atoms with Crippen LogP contribution in [0, 0.1) is 0 Å². The highest BCUT2D eigenvalue weighted by Crippen LogP contribution is 2.06. The van der Waals surface area contributed by atoms with Gasteiger partial charge in [-0.05, 0) is 19.8 Å². The van der Waals surface area contributed by atoms with Crippen LogP contribution in [0.4, 0.5) is 4.79 Å². The molecule has 0 aromatic heterocycles. The second-order valence-electron chi connectivity index (χ2n) is 6.42. The number of nitrogens with zero attached hydrogens (tertiary/aromatic N) is 1. The third-order valence-electron chi connectivity index (χ3n) is 4.07. The van der Waals surface area contributed by atoms with Gasteiger partial charge in [0.1, 0.15) is 0 Å². The summed E-state index contributed by atoms with van der Waals surface area (Å²) in [4.78, 5) is 14.0. The largest absolute Gasteiger partial charge is 0.379 e. The minimum Gasteiger partial charge on any atom is -0.379 e. The van der Waals surface area contributed by atoms with E-state index < -0.39 is 0 Å². The predicted molar refractivity (Wildman–Crippen MR) is 107 cm³/mol. The fourth-order valence-corrected chi connectivity index (χ4v) is 2.51. The van der Waals surface area contributed by atoms with Crippen molar-refractivity contribution in [1.29, 1.82) is 0 Å². The fourth-order valence-electron chi connectivity index (χ4n) is 2.51. The normalized spacial score (nSPS) is 10.9. The monoisotopic (exact) mass is 374 g/mol. The lowest BCUT2D eigenvalue weighted by Crippen LogP contribution is -2.41. The molecule has 1 N–H and O–H groups in total. The van der Waals surface area contributed by atoms with E-state index >= 15 is 0 Å². The predicted octanol–water partition coefficient (Wildman–Crippen LogP) is 3.84. The zero-order valence-corrected chi connectivity index (χ0v) is 17.4. The van der Waals surface area contributed by atoms with Crippen molar-refractivity contribution < 1.29 is 19.0 Å². The van der Waals surface area contributed by atoms with E-state index in [1.807, 2.05) is 11.8 Å². The molecule has 0 fully saturated rings. The first-order valence-electron chi connectivity index (χ1n) is 10.5. The highest BCUT2D eigenvalue weighted by atomic mass is 16.5. The molecule has 0 aliphatic heterocycles. The van der Waals surface area contributed by atoms with E-state index in [0.717, 1.165) is 32.5 Å². The second-order valence-corrected chi connectivity index (χ2v) is 6.42. The van der Waals surface area contributed by atoms with E-state index in [9.17, 15) is 4.79 Å². The Kier molecular flexibility index (Phi) is 19.8. The van der Waals surface area contributed by atoms with Gasteiger partial charge in [0.25, 0.3) is 0 Å². The maximum atomic E-state index is 12.1. The molecule has 0 radical (unpaired) electrons. The number of carbonyl (C=O) groups is 1. The van der Waals surface area contributed by atoms with E-state index in [1.54, 1.807) is 0 Å². The van der Waals surface area contributed by atoms with Gasteiger partial charge in [-0.2, -0.15) is 0 Å². The summed E-state index contributed by atoms with van der Waals surface area (Å²) in [6.45, 7) is 12.1. The summed E-state index contributed by atoms with van der Waals surface area (Å²) in [5.41, 5.74) is 0. The molecule has 0 heterocycles. The van der Waals surface area contributed by atoms with E-state index in [1.165, 1.54) is 32.1 Å². The van der Waals surface area contributed by atoms with Gasteiger partial charge in [-0.15, -0.1) is 0 Å². The Labute approximate surface area is 160 Å². The lowest BCUT2D eigenvalue weighted by molar-refractivity contribution is 0.0154. The van der Waals surface area contributed by atoms with Crippen molar-refractivity contribution in [3.63, 3.8) is 0 Å². The van der Waals surface area contributed by atoms with Crippen LogP contribution >= 0.6 is 0 Å². The van der Waals surface area contributed by atoms with E-state index in [0.29, 0.717) is 39.6 Å². The molecular weight excluding hydrogens is 332 g/mol. The molecule has 0 rings (SSSR count). The van der Waals surface area contributed by atoms with Gasteiger partial charge in [-0.3, -0.25) is 0 Å². The smallest absolute Gasteiger partial charge is 0.317 e. The summed E-state index contributed by atoms with van der Waals surface area (Å²) in [5.74, 6) is 0. The van der Waals surface area contributed by atoms with Crippen LogP contribution in [-0.4, -0.2) is 70.2 Å². The number of rotatable bonds is 19. The van der Waals surface area contributed by atoms with Crippen LogP contribution in [0.1, 0.15) is 65.7 Å². The molecule has 26 heavy (non-hydrogen) atoms. The van der Waals surface area contributed by atoms with E-state index in [4.69, 9.17) is 14.2 Å². The van der Waals surface area contributed by atoms with E-state index in [2.05, 4.69) is 19.2 Å². The number of amides is 2. The van der Waals surface area contributed by atoms with Gasteiger partial charge < -0.3 is 24.4 Å². The van der Waals surface area contributed by atoms with Gasteiger partial charge in [-0.25, -0.2) is 4.79 Å². The van der Waals surface area contributed by atoms with E-state index in [-0.39, 0.29) is 6.03 Å². The molecule has 156 valence electrons. The average molecular weight is 375 g/mol. The average Bonchev–Trinajstić information content (AvgIpc) is 2.65. The van der Waals surface area contributed by atoms with Crippen LogP contribution in [0.15, 0.2) is 0 Å². The number of hydrogen-bond donors (Lipinski definition) is 1. The SMILES string of the molecule is CCCCCCCCN(CC)C(=O)NCCOCCOCCOCCC. The maximum Gasteiger partial charge on any atom is 0.317 e. The first-order chi connectivity index (χ1) is 12.8. The van der Waals surface area contributed by atoms with Crippen LogP contribution < -0.4 is 5.32 Å². The molecule has 6 heteroatoms. The summed E-state index contributed by atoms with van der Waals surface area (Å²) in [5, 5.41) is 2.92. The van der Waals surface area contributed by atoms with Gasteiger partial charge in [0.05, 0.1) is 33.0 Å². The Hall–Kier alpha value is -0.850. The third-order valence-corrected chi connectivity index (χ3v) is 4.07. The molecule has 0 bridgehead atoms. The Balaban J connectivity index is 3.46. The van der Waals surface area contributed by atoms with Gasteiger partial charge in [0.15, 0.2) is 0 Å². The molecule has 0 aliphatic carbocycles. The van der Waals surface area contributed by atoms with Crippen LogP contribution in [0.3, 0.4) is 0 Å². The first-order valence-corrected chi connectivity index (χ1v) is 10.5. The summed E-state index contributed by atoms with van der Waals surface area (Å²) in [7, 11) is 0. The van der Waals surface area contributed by atoms with Crippen molar-refractivity contribution in [2.24, 2.45) is 0 Å². The van der Waals surface area contributed by atoms with Crippen molar-refractivity contribution >= 4 is 6.03 Å². The summed E-state index contributed by atoms with van der Waals surface area (Å²) >= 11 is 0. The molecule has 0 atom stereocenters. The molecule has 0 aliphatic rings. The van der Waals surface area contributed by atoms with Crippen molar-refractivity contribution in [3.05, 3.63) is 0 Å². The first kappa shape index (κ1) is 25.1. The molecule has 0 spiro atoms. The molecule has 6 nitrogen and oxygen atoms in total. The van der Waals surface area contributed by atoms with Crippen molar-refractivity contribution in [1.82, 2.24) is 10.2 Å². The lowest BCUT2D eigenvalue weighted by Gasteiger charge is -2.21. The van der Waals surface area contributed by atoms with Crippen LogP contribution in [0.2, 0.25) is 0 Å². The zero-order valence-electron chi connectivity index (χ0n) is 17.4. The Morgan fingerprint density at radius 2 is 1.31 bits per heavy atom. The Morgan fingerprint density at radius 3 is 1.92 bits per heavy atom. The maximum absolute atomic E-state index is 12.1. The highest BCUT2D eigenvalue weighted by molar-refractivity contribution is 5.74. The summed E-state index contributed by atoms with van der Waals surface area (Å²) in [6.07, 6.45) is 8.48. The highest BCUT2D eigenvalue weighted by Gasteiger charge is 2.09. The third kappa shape index (κ3) is 16.6. The Bertz CT molecular complexity index is 304. The van der Waals surface area contributed by atoms with Crippen molar-refractivity contribution in [3.8, 4) is 0 Å². The molecule has 0 aromatic rings. The van der Waals surface area contributed by atoms with Gasteiger partial charge in [0, 0.05) is 26.2 Å². The molecule has 0 unspecified atom stereocenters. The van der Waals surface area contributed by atoms with Gasteiger partial charge >= 0.3 is 6.03 Å². The topological polar surface area (TPSA) is 60.0 Å². The molecule has 0 aromatic carbocycles. The molecule has 2 amide bonds. The van der Waals surface area contributed by atoms with Gasteiger partial charge in [0.2, 0.25) is 0 Å². The van der Waals surface area contributed by atoms with Gasteiger partial charge in [-0.1, -0.05) is 46.0 Å². The zero-order chi connectivity index (χ0) is 19.3. The minimum absolute atomic E-state index is 0.00832. The molecular formula is C20H42N2O4. The molecule has 0 saturated carbocycles. The van der Waals surface area contributed by atoms with Crippen LogP contribution in [-0.2, 0) is 14.2 Å². The standard InChI is InChI=1S/C20H42N2O4/c1-4-7-8-9-10-11-13-22(6-3)20(23)21-12-15-25-17-19-26-18-16-24-14-5-2/h4-19H2,1-3H3,(H,21,23). The summed E-state index contributed by atoms with van der Waals surface area (Å²) in [6, 6.07) is 0.00832. The minimum atomic E-state index is 0.00832. The number of urea groups is 1. The lowest BCUT2D eigenvalue weighted by atomic mass is 10.1. The van der Waals surface area contributed by atoms with Crippen LogP contribution in [0.5, 0.6) is 0 Å². The van der Waals surface area contributed by atoms with Crippen molar-refractivity contribution in [2.45, 2.75) is 65.7 Å². The van der Waals surface area contributed by atoms with Crippen molar-refractivity contribution in [2.75, 3.05) is 59.3 Å². The number of ether oxygens (including phenoxy) is 3. The number of carbonyl (C=O) groups excluding carboxylic acids is 1. The fraction of sp³-hybridized carbons (Fsp3) is 0.950. The number of nitrogens with one attached hydrogen (secondary N) is 1. The number of hydrogen-bond acceptors (Lipinski definition) is 4. The second kappa shape index (κ2) is 20.5. The number of unbranched alkanes of at least 4 members (excludes halogenated alkanes) is 5. The molecule has 0 saturated heterocycles. The summed E-state index contributed by atoms with van der Waals surface area (Å²) < 4.78 is 16.2. The Morgan fingerprint density at radius 1 is 0.731 bits per heavy atom. The quantitative estimate of drug-likeness (QED) is 0.349. The van der Waals surface area contributed by atoms with Crippen LogP contribution in [0.25, 0.3) is 0 Å².